The number of sulfone groups is 1. The van der Waals surface area contributed by atoms with Crippen molar-refractivity contribution in [3.8, 4) is 16.9 Å². The Kier molecular flexibility index (Phi) is 5.30. The van der Waals surface area contributed by atoms with Crippen LogP contribution in [0.4, 0.5) is 4.39 Å². The van der Waals surface area contributed by atoms with Crippen LogP contribution in [-0.4, -0.2) is 34.5 Å². The first kappa shape index (κ1) is 20.7. The zero-order chi connectivity index (χ0) is 22.2. The lowest BCUT2D eigenvalue weighted by Crippen LogP contribution is -2.07. The number of carbonyl (C=O) groups is 1. The van der Waals surface area contributed by atoms with Gasteiger partial charge in [0.25, 0.3) is 0 Å². The highest BCUT2D eigenvalue weighted by molar-refractivity contribution is 7.91. The molecular formula is C21H13ClFN3O4S. The van der Waals surface area contributed by atoms with Crippen LogP contribution >= 0.6 is 11.6 Å². The van der Waals surface area contributed by atoms with Crippen molar-refractivity contribution < 1.29 is 22.7 Å². The second kappa shape index (κ2) is 7.93. The van der Waals surface area contributed by atoms with Crippen molar-refractivity contribution >= 4 is 27.4 Å². The topological polar surface area (TPSA) is 102 Å². The number of carboxylic acid groups (broad SMARTS) is 1. The van der Waals surface area contributed by atoms with Gasteiger partial charge >= 0.3 is 5.97 Å². The van der Waals surface area contributed by atoms with Gasteiger partial charge in [-0.2, -0.15) is 0 Å². The number of rotatable bonds is 5. The molecule has 0 unspecified atom stereocenters. The lowest BCUT2D eigenvalue weighted by Gasteiger charge is -2.10. The van der Waals surface area contributed by atoms with E-state index in [9.17, 15) is 22.7 Å². The lowest BCUT2D eigenvalue weighted by atomic mass is 10.1. The first-order valence-corrected chi connectivity index (χ1v) is 10.7. The summed E-state index contributed by atoms with van der Waals surface area (Å²) >= 11 is 6.11. The summed E-state index contributed by atoms with van der Waals surface area (Å²) in [6.45, 7) is 0. The molecule has 0 aliphatic carbocycles. The second-order valence-electron chi connectivity index (χ2n) is 6.45. The second-order valence-corrected chi connectivity index (χ2v) is 8.69. The van der Waals surface area contributed by atoms with Crippen LogP contribution in [0.3, 0.4) is 0 Å². The molecule has 1 heterocycles. The Balaban J connectivity index is 2.00. The molecule has 0 aliphatic heterocycles. The maximum absolute atomic E-state index is 13.5. The van der Waals surface area contributed by atoms with E-state index >= 15 is 0 Å². The third kappa shape index (κ3) is 3.80. The van der Waals surface area contributed by atoms with Gasteiger partial charge in [-0.15, -0.1) is 5.10 Å². The predicted molar refractivity (Wildman–Crippen MR) is 111 cm³/mol. The molecule has 0 bridgehead atoms. The highest BCUT2D eigenvalue weighted by Gasteiger charge is 2.30. The van der Waals surface area contributed by atoms with Crippen LogP contribution in [0.1, 0.15) is 10.4 Å². The van der Waals surface area contributed by atoms with E-state index in [4.69, 9.17) is 11.6 Å². The molecule has 0 aliphatic rings. The quantitative estimate of drug-likeness (QED) is 0.480. The number of carboxylic acids is 1. The first-order valence-electron chi connectivity index (χ1n) is 8.84. The molecule has 0 fully saturated rings. The number of aromatic carboxylic acids is 1. The molecule has 7 nitrogen and oxygen atoms in total. The van der Waals surface area contributed by atoms with E-state index in [1.165, 1.54) is 65.3 Å². The van der Waals surface area contributed by atoms with Crippen molar-refractivity contribution in [3.63, 3.8) is 0 Å². The highest BCUT2D eigenvalue weighted by atomic mass is 35.5. The minimum atomic E-state index is -4.21. The summed E-state index contributed by atoms with van der Waals surface area (Å²) in [6, 6.07) is 16.8. The van der Waals surface area contributed by atoms with E-state index in [0.29, 0.717) is 5.56 Å². The van der Waals surface area contributed by atoms with Gasteiger partial charge in [0.1, 0.15) is 11.5 Å². The van der Waals surface area contributed by atoms with Crippen LogP contribution in [0.25, 0.3) is 16.9 Å². The number of benzene rings is 3. The van der Waals surface area contributed by atoms with Crippen LogP contribution in [0.5, 0.6) is 0 Å². The van der Waals surface area contributed by atoms with Gasteiger partial charge in [0, 0.05) is 5.56 Å². The molecule has 10 heteroatoms. The average molecular weight is 458 g/mol. The van der Waals surface area contributed by atoms with Crippen LogP contribution < -0.4 is 0 Å². The molecule has 3 aromatic carbocycles. The fourth-order valence-electron chi connectivity index (χ4n) is 3.02. The zero-order valence-electron chi connectivity index (χ0n) is 15.6. The van der Waals surface area contributed by atoms with E-state index in [1.807, 2.05) is 0 Å². The minimum absolute atomic E-state index is 0.00924. The summed E-state index contributed by atoms with van der Waals surface area (Å²) in [6.07, 6.45) is 0. The fourth-order valence-corrected chi connectivity index (χ4v) is 4.85. The average Bonchev–Trinajstić information content (AvgIpc) is 3.20. The lowest BCUT2D eigenvalue weighted by molar-refractivity contribution is 0.0697. The molecule has 0 radical (unpaired) electrons. The van der Waals surface area contributed by atoms with Crippen LogP contribution in [-0.2, 0) is 9.84 Å². The van der Waals surface area contributed by atoms with E-state index in [-0.39, 0.29) is 26.9 Å². The van der Waals surface area contributed by atoms with E-state index in [2.05, 4.69) is 10.3 Å². The highest BCUT2D eigenvalue weighted by Crippen LogP contribution is 2.34. The van der Waals surface area contributed by atoms with Crippen LogP contribution in [0.2, 0.25) is 5.02 Å². The zero-order valence-corrected chi connectivity index (χ0v) is 17.2. The maximum Gasteiger partial charge on any atom is 0.335 e. The molecule has 1 N–H and O–H groups in total. The molecule has 0 saturated carbocycles. The van der Waals surface area contributed by atoms with Crippen molar-refractivity contribution in [3.05, 3.63) is 89.2 Å². The Morgan fingerprint density at radius 3 is 2.39 bits per heavy atom. The van der Waals surface area contributed by atoms with Crippen LogP contribution in [0.15, 0.2) is 82.7 Å². The van der Waals surface area contributed by atoms with Crippen molar-refractivity contribution in [1.29, 1.82) is 0 Å². The molecule has 0 amide bonds. The number of nitrogens with zero attached hydrogens (tertiary/aromatic N) is 3. The van der Waals surface area contributed by atoms with Gasteiger partial charge in [0.2, 0.25) is 14.9 Å². The van der Waals surface area contributed by atoms with Gasteiger partial charge in [-0.25, -0.2) is 22.3 Å². The third-order valence-electron chi connectivity index (χ3n) is 4.48. The standard InChI is InChI=1S/C21H13ClFN3O4S/c22-17-6-1-2-7-18(17)31(29,30)20-19(13-8-10-15(23)11-9-13)26(25-24-20)16-5-3-4-14(12-16)21(27)28/h1-12H,(H,27,28). The SMILES string of the molecule is O=C(O)c1cccc(-n2nnc(S(=O)(=O)c3ccccc3Cl)c2-c2ccc(F)cc2)c1. The number of hydrogen-bond donors (Lipinski definition) is 1. The summed E-state index contributed by atoms with van der Waals surface area (Å²) in [5.41, 5.74) is 0.612. The summed E-state index contributed by atoms with van der Waals surface area (Å²) in [5, 5.41) is 16.7. The summed E-state index contributed by atoms with van der Waals surface area (Å²) in [7, 11) is -4.21. The Bertz CT molecular complexity index is 1400. The van der Waals surface area contributed by atoms with Gasteiger partial charge in [0.15, 0.2) is 0 Å². The Morgan fingerprint density at radius 2 is 1.71 bits per heavy atom. The molecular weight excluding hydrogens is 445 g/mol. The summed E-state index contributed by atoms with van der Waals surface area (Å²) in [5.74, 6) is -1.67. The maximum atomic E-state index is 13.5. The number of hydrogen-bond acceptors (Lipinski definition) is 5. The summed E-state index contributed by atoms with van der Waals surface area (Å²) < 4.78 is 41.4. The van der Waals surface area contributed by atoms with E-state index in [0.717, 1.165) is 0 Å². The molecule has 4 aromatic rings. The van der Waals surface area contributed by atoms with Gasteiger partial charge in [-0.05, 0) is 54.6 Å². The van der Waals surface area contributed by atoms with Crippen molar-refractivity contribution in [2.45, 2.75) is 9.92 Å². The molecule has 31 heavy (non-hydrogen) atoms. The van der Waals surface area contributed by atoms with Gasteiger partial charge in [-0.3, -0.25) is 0 Å². The summed E-state index contributed by atoms with van der Waals surface area (Å²) in [4.78, 5) is 11.2. The number of aromatic nitrogens is 3. The monoisotopic (exact) mass is 457 g/mol. The number of halogens is 2. The van der Waals surface area contributed by atoms with Crippen molar-refractivity contribution in [1.82, 2.24) is 15.0 Å². The predicted octanol–water partition coefficient (Wildman–Crippen LogP) is 4.26. The molecule has 4 rings (SSSR count). The Morgan fingerprint density at radius 1 is 1.00 bits per heavy atom. The molecule has 0 spiro atoms. The van der Waals surface area contributed by atoms with Gasteiger partial charge < -0.3 is 5.11 Å². The molecule has 1 aromatic heterocycles. The Hall–Kier alpha value is -3.56. The molecule has 0 atom stereocenters. The van der Waals surface area contributed by atoms with Crippen molar-refractivity contribution in [2.24, 2.45) is 0 Å². The van der Waals surface area contributed by atoms with E-state index < -0.39 is 26.6 Å². The molecule has 156 valence electrons. The minimum Gasteiger partial charge on any atom is -0.478 e. The van der Waals surface area contributed by atoms with Gasteiger partial charge in [-0.1, -0.05) is 35.0 Å². The van der Waals surface area contributed by atoms with Gasteiger partial charge in [0.05, 0.1) is 21.2 Å². The van der Waals surface area contributed by atoms with Crippen LogP contribution in [0, 0.1) is 5.82 Å². The smallest absolute Gasteiger partial charge is 0.335 e. The largest absolute Gasteiger partial charge is 0.478 e. The fraction of sp³-hybridized carbons (Fsp3) is 0. The van der Waals surface area contributed by atoms with Crippen molar-refractivity contribution in [2.75, 3.05) is 0 Å². The Labute approximate surface area is 181 Å². The molecule has 0 saturated heterocycles. The first-order chi connectivity index (χ1) is 14.8. The third-order valence-corrected chi connectivity index (χ3v) is 6.64. The normalized spacial score (nSPS) is 11.4. The van der Waals surface area contributed by atoms with E-state index in [1.54, 1.807) is 12.1 Å².